The normalized spacial score (nSPS) is 13.5. The van der Waals surface area contributed by atoms with Crippen molar-refractivity contribution in [2.24, 2.45) is 4.99 Å². The fourth-order valence-electron chi connectivity index (χ4n) is 7.66. The van der Waals surface area contributed by atoms with Crippen LogP contribution in [0.2, 0.25) is 0 Å². The first-order chi connectivity index (χ1) is 28.7. The number of aliphatic imine (C=N–C) groups is 1. The lowest BCUT2D eigenvalue weighted by Crippen LogP contribution is -2.26. The van der Waals surface area contributed by atoms with E-state index in [9.17, 15) is 28.4 Å². The van der Waals surface area contributed by atoms with Gasteiger partial charge in [0.1, 0.15) is 22.9 Å². The van der Waals surface area contributed by atoms with Gasteiger partial charge in [-0.05, 0) is 98.7 Å². The number of aromatic nitrogens is 4. The maximum absolute atomic E-state index is 13.3. The maximum atomic E-state index is 13.3. The van der Waals surface area contributed by atoms with Gasteiger partial charge in [0.2, 0.25) is 0 Å². The Morgan fingerprint density at radius 2 is 1.63 bits per heavy atom. The van der Waals surface area contributed by atoms with Crippen LogP contribution in [-0.4, -0.2) is 57.4 Å². The second-order valence-corrected chi connectivity index (χ2v) is 17.7. The lowest BCUT2D eigenvalue weighted by atomic mass is 9.95. The standard InChI is InChI=1S/C45H40N8O5S2/c1-24-6-17-36(42-39(24)33(22-46)23-48-42)52-60(57,58)34-14-7-29(8-15-34)18-19-47-44(56)35-16-13-32(20-25(35)2)30-9-11-31(12-10-30)41-40-26(3)27(4)59-45(40)53-28(5)50-51-43(53)37(49-41)21-38(54)55/h6-17,20,23,37,48,52H,18-19,21H2,1-5H3,(H,47,56)(H,54,55)/t37-/m0/s1. The average molecular weight is 837 g/mol. The van der Waals surface area contributed by atoms with Gasteiger partial charge in [0, 0.05) is 39.7 Å². The number of thiophene rings is 1. The van der Waals surface area contributed by atoms with Crippen LogP contribution in [0.3, 0.4) is 0 Å². The summed E-state index contributed by atoms with van der Waals surface area (Å²) in [5.74, 6) is -0.000391. The number of H-pyrrole nitrogens is 1. The molecule has 0 unspecified atom stereocenters. The summed E-state index contributed by atoms with van der Waals surface area (Å²) < 4.78 is 31.1. The molecular formula is C45H40N8O5S2. The van der Waals surface area contributed by atoms with Crippen molar-refractivity contribution >= 4 is 55.5 Å². The summed E-state index contributed by atoms with van der Waals surface area (Å²) in [5.41, 5.74) is 9.88. The molecule has 4 aromatic carbocycles. The van der Waals surface area contributed by atoms with E-state index in [1.54, 1.807) is 41.8 Å². The van der Waals surface area contributed by atoms with Crippen molar-refractivity contribution in [2.45, 2.75) is 58.4 Å². The van der Waals surface area contributed by atoms with Crippen LogP contribution in [0.1, 0.15) is 78.3 Å². The molecule has 0 saturated heterocycles. The monoisotopic (exact) mass is 836 g/mol. The number of amides is 1. The second kappa shape index (κ2) is 15.7. The zero-order chi connectivity index (χ0) is 42.5. The molecule has 0 spiro atoms. The molecule has 1 aliphatic rings. The van der Waals surface area contributed by atoms with Gasteiger partial charge in [-0.15, -0.1) is 21.5 Å². The molecule has 3 aromatic heterocycles. The van der Waals surface area contributed by atoms with E-state index in [0.29, 0.717) is 58.0 Å². The van der Waals surface area contributed by atoms with Crippen LogP contribution < -0.4 is 10.0 Å². The highest BCUT2D eigenvalue weighted by Gasteiger charge is 2.32. The van der Waals surface area contributed by atoms with E-state index >= 15 is 0 Å². The molecule has 0 radical (unpaired) electrons. The van der Waals surface area contributed by atoms with Crippen molar-refractivity contribution in [3.05, 3.63) is 146 Å². The summed E-state index contributed by atoms with van der Waals surface area (Å²) in [6, 6.07) is 25.1. The molecular weight excluding hydrogens is 797 g/mol. The van der Waals surface area contributed by atoms with Crippen molar-refractivity contribution in [3.8, 4) is 22.2 Å². The third kappa shape index (κ3) is 7.35. The number of hydrogen-bond acceptors (Lipinski definition) is 9. The third-order valence-corrected chi connectivity index (χ3v) is 13.5. The number of aryl methyl sites for hydroxylation is 4. The van der Waals surface area contributed by atoms with Gasteiger partial charge in [-0.2, -0.15) is 5.26 Å². The van der Waals surface area contributed by atoms with E-state index in [4.69, 9.17) is 4.99 Å². The van der Waals surface area contributed by atoms with Crippen LogP contribution in [0, 0.1) is 45.9 Å². The lowest BCUT2D eigenvalue weighted by Gasteiger charge is -2.13. The Balaban J connectivity index is 0.929. The molecule has 15 heteroatoms. The molecule has 7 aromatic rings. The first-order valence-corrected chi connectivity index (χ1v) is 21.5. The van der Waals surface area contributed by atoms with Gasteiger partial charge in [0.25, 0.3) is 15.9 Å². The summed E-state index contributed by atoms with van der Waals surface area (Å²) in [6.07, 6.45) is 1.84. The summed E-state index contributed by atoms with van der Waals surface area (Å²) in [6.45, 7) is 10.1. The molecule has 4 N–H and O–H groups in total. The molecule has 1 aliphatic heterocycles. The summed E-state index contributed by atoms with van der Waals surface area (Å²) in [5, 5.41) is 32.4. The number of aromatic amines is 1. The molecule has 0 saturated carbocycles. The Hall–Kier alpha value is -6.89. The molecule has 0 aliphatic carbocycles. The fourth-order valence-corrected chi connectivity index (χ4v) is 9.94. The van der Waals surface area contributed by atoms with Crippen molar-refractivity contribution in [1.29, 1.82) is 5.26 Å². The third-order valence-electron chi connectivity index (χ3n) is 10.9. The molecule has 60 heavy (non-hydrogen) atoms. The van der Waals surface area contributed by atoms with Gasteiger partial charge in [-0.1, -0.05) is 54.6 Å². The number of fused-ring (bicyclic) bond motifs is 4. The fraction of sp³-hybridized carbons (Fsp3) is 0.200. The van der Waals surface area contributed by atoms with Crippen LogP contribution >= 0.6 is 11.3 Å². The molecule has 0 fully saturated rings. The Morgan fingerprint density at radius 1 is 0.917 bits per heavy atom. The number of aliphatic carboxylic acids is 1. The van der Waals surface area contributed by atoms with E-state index in [1.807, 2.05) is 67.8 Å². The van der Waals surface area contributed by atoms with Crippen LogP contribution in [0.15, 0.2) is 94.9 Å². The zero-order valence-corrected chi connectivity index (χ0v) is 35.0. The predicted octanol–water partition coefficient (Wildman–Crippen LogP) is 8.03. The summed E-state index contributed by atoms with van der Waals surface area (Å²) in [7, 11) is -3.92. The van der Waals surface area contributed by atoms with E-state index in [2.05, 4.69) is 45.1 Å². The SMILES string of the molecule is Cc1cc(-c2ccc(C3=N[C@@H](CC(=O)O)c4nnc(C)n4-c4sc(C)c(C)c43)cc2)ccc1C(=O)NCCc1ccc(S(=O)(=O)Nc2ccc(C)c3c(C#N)c[nH]c23)cc1. The first kappa shape index (κ1) is 39.9. The number of nitriles is 1. The van der Waals surface area contributed by atoms with Crippen molar-refractivity contribution in [2.75, 3.05) is 11.3 Å². The van der Waals surface area contributed by atoms with E-state index in [1.165, 1.54) is 12.1 Å². The topological polar surface area (TPSA) is 195 Å². The summed E-state index contributed by atoms with van der Waals surface area (Å²) >= 11 is 1.62. The van der Waals surface area contributed by atoms with Crippen molar-refractivity contribution < 1.29 is 23.1 Å². The average Bonchev–Trinajstić information content (AvgIpc) is 3.90. The quantitative estimate of drug-likeness (QED) is 0.101. The van der Waals surface area contributed by atoms with Gasteiger partial charge < -0.3 is 15.4 Å². The van der Waals surface area contributed by atoms with Crippen molar-refractivity contribution in [3.63, 3.8) is 0 Å². The minimum absolute atomic E-state index is 0.0898. The highest BCUT2D eigenvalue weighted by Crippen LogP contribution is 2.40. The number of rotatable bonds is 11. The number of carboxylic acid groups (broad SMARTS) is 1. The number of benzene rings is 4. The smallest absolute Gasteiger partial charge is 0.306 e. The summed E-state index contributed by atoms with van der Waals surface area (Å²) in [4.78, 5) is 34.5. The van der Waals surface area contributed by atoms with E-state index in [-0.39, 0.29) is 17.2 Å². The number of nitrogens with one attached hydrogen (secondary N) is 3. The first-order valence-electron chi connectivity index (χ1n) is 19.2. The molecule has 0 bridgehead atoms. The molecule has 4 heterocycles. The van der Waals surface area contributed by atoms with Gasteiger partial charge in [-0.25, -0.2) is 8.42 Å². The minimum Gasteiger partial charge on any atom is -0.481 e. The Labute approximate surface area is 350 Å². The van der Waals surface area contributed by atoms with Gasteiger partial charge in [-0.3, -0.25) is 23.9 Å². The van der Waals surface area contributed by atoms with E-state index < -0.39 is 22.0 Å². The maximum Gasteiger partial charge on any atom is 0.306 e. The number of carbonyl (C=O) groups is 2. The highest BCUT2D eigenvalue weighted by molar-refractivity contribution is 7.92. The molecule has 1 amide bonds. The number of carboxylic acids is 1. The molecule has 13 nitrogen and oxygen atoms in total. The van der Waals surface area contributed by atoms with Crippen LogP contribution in [0.4, 0.5) is 5.69 Å². The number of hydrogen-bond donors (Lipinski definition) is 4. The highest BCUT2D eigenvalue weighted by atomic mass is 32.2. The largest absolute Gasteiger partial charge is 0.481 e. The zero-order valence-electron chi connectivity index (χ0n) is 33.4. The van der Waals surface area contributed by atoms with Gasteiger partial charge in [0.15, 0.2) is 5.82 Å². The Morgan fingerprint density at radius 3 is 2.33 bits per heavy atom. The number of anilines is 1. The molecule has 8 rings (SSSR count). The molecule has 302 valence electrons. The van der Waals surface area contributed by atoms with Gasteiger partial charge >= 0.3 is 5.97 Å². The van der Waals surface area contributed by atoms with Crippen LogP contribution in [0.25, 0.3) is 27.0 Å². The van der Waals surface area contributed by atoms with Crippen LogP contribution in [-0.2, 0) is 21.2 Å². The lowest BCUT2D eigenvalue weighted by molar-refractivity contribution is -0.137. The second-order valence-electron chi connectivity index (χ2n) is 14.9. The Kier molecular flexibility index (Phi) is 10.4. The van der Waals surface area contributed by atoms with E-state index in [0.717, 1.165) is 54.4 Å². The Bertz CT molecular complexity index is 3040. The predicted molar refractivity (Wildman–Crippen MR) is 232 cm³/mol. The number of carbonyl (C=O) groups excluding carboxylic acids is 1. The van der Waals surface area contributed by atoms with Gasteiger partial charge in [0.05, 0.1) is 33.8 Å². The van der Waals surface area contributed by atoms with Crippen molar-refractivity contribution in [1.82, 2.24) is 25.1 Å². The molecule has 1 atom stereocenters. The minimum atomic E-state index is -3.92. The van der Waals surface area contributed by atoms with Crippen LogP contribution in [0.5, 0.6) is 0 Å². The number of sulfonamides is 1. The number of nitrogens with zero attached hydrogens (tertiary/aromatic N) is 5.